The molecule has 1 N–H and O–H groups in total. The van der Waals surface area contributed by atoms with Crippen molar-refractivity contribution in [1.29, 1.82) is 0 Å². The number of nitrogens with one attached hydrogen (secondary N) is 1. The van der Waals surface area contributed by atoms with E-state index in [1.54, 1.807) is 25.1 Å². The summed E-state index contributed by atoms with van der Waals surface area (Å²) in [7, 11) is 0. The number of benzene rings is 2. The summed E-state index contributed by atoms with van der Waals surface area (Å²) in [4.78, 5) is 17.3. The second-order valence-electron chi connectivity index (χ2n) is 6.67. The number of halogens is 2. The number of aryl methyl sites for hydroxylation is 1. The van der Waals surface area contributed by atoms with E-state index < -0.39 is 5.82 Å². The first-order valence-electron chi connectivity index (χ1n) is 8.81. The van der Waals surface area contributed by atoms with E-state index in [0.717, 1.165) is 6.42 Å². The first-order valence-corrected chi connectivity index (χ1v) is 8.81. The van der Waals surface area contributed by atoms with Gasteiger partial charge < -0.3 is 10.1 Å². The molecular weight excluding hydrogens is 350 g/mol. The van der Waals surface area contributed by atoms with Crippen LogP contribution in [-0.4, -0.2) is 17.5 Å². The molecule has 0 aliphatic carbocycles. The molecule has 6 heteroatoms. The summed E-state index contributed by atoms with van der Waals surface area (Å²) in [5.74, 6) is -0.507. The minimum Gasteiger partial charge on any atom is -0.493 e. The fourth-order valence-electron chi connectivity index (χ4n) is 3.46. The predicted octanol–water partition coefficient (Wildman–Crippen LogP) is 4.47. The summed E-state index contributed by atoms with van der Waals surface area (Å²) in [6, 6.07) is 9.81. The highest BCUT2D eigenvalue weighted by atomic mass is 19.1. The first kappa shape index (κ1) is 17.4. The van der Waals surface area contributed by atoms with Crippen LogP contribution in [0.2, 0.25) is 0 Å². The Morgan fingerprint density at radius 2 is 1.93 bits per heavy atom. The molecule has 0 bridgehead atoms. The lowest BCUT2D eigenvalue weighted by atomic mass is 10.0. The van der Waals surface area contributed by atoms with Crippen LogP contribution in [0.25, 0.3) is 10.9 Å². The third kappa shape index (κ3) is 3.47. The Kier molecular flexibility index (Phi) is 4.48. The van der Waals surface area contributed by atoms with Crippen LogP contribution in [0.15, 0.2) is 42.5 Å². The number of hydrogen-bond donors (Lipinski definition) is 1. The summed E-state index contributed by atoms with van der Waals surface area (Å²) in [6.45, 7) is 2.27. The van der Waals surface area contributed by atoms with Crippen LogP contribution in [0.4, 0.5) is 8.78 Å². The van der Waals surface area contributed by atoms with E-state index in [2.05, 4.69) is 10.3 Å². The second-order valence-corrected chi connectivity index (χ2v) is 6.67. The van der Waals surface area contributed by atoms with Gasteiger partial charge in [-0.25, -0.2) is 8.78 Å². The van der Waals surface area contributed by atoms with Crippen molar-refractivity contribution in [2.45, 2.75) is 25.8 Å². The van der Waals surface area contributed by atoms with Crippen molar-refractivity contribution in [2.24, 2.45) is 0 Å². The third-order valence-electron chi connectivity index (χ3n) is 4.69. The Morgan fingerprint density at radius 1 is 1.15 bits per heavy atom. The average Bonchev–Trinajstić information content (AvgIpc) is 2.82. The van der Waals surface area contributed by atoms with Crippen LogP contribution in [-0.2, 0) is 0 Å². The molecular formula is C21H18F2N2O2. The van der Waals surface area contributed by atoms with Crippen LogP contribution in [0.3, 0.4) is 0 Å². The van der Waals surface area contributed by atoms with Crippen LogP contribution < -0.4 is 10.1 Å². The molecule has 0 radical (unpaired) electrons. The zero-order valence-electron chi connectivity index (χ0n) is 14.8. The molecule has 2 aromatic carbocycles. The fraction of sp³-hybridized carbons (Fsp3) is 0.238. The van der Waals surface area contributed by atoms with Crippen molar-refractivity contribution in [3.63, 3.8) is 0 Å². The lowest BCUT2D eigenvalue weighted by molar-refractivity contribution is 0.0936. The maximum Gasteiger partial charge on any atom is 0.252 e. The van der Waals surface area contributed by atoms with Crippen LogP contribution in [0.5, 0.6) is 5.75 Å². The number of ether oxygens (including phenoxy) is 1. The molecule has 0 spiro atoms. The number of rotatable bonds is 2. The third-order valence-corrected chi connectivity index (χ3v) is 4.69. The highest BCUT2D eigenvalue weighted by Gasteiger charge is 2.23. The summed E-state index contributed by atoms with van der Waals surface area (Å²) in [6.07, 6.45) is 1.38. The normalized spacial score (nSPS) is 16.3. The van der Waals surface area contributed by atoms with Gasteiger partial charge in [0.1, 0.15) is 17.4 Å². The van der Waals surface area contributed by atoms with E-state index in [1.165, 1.54) is 24.3 Å². The molecule has 0 fully saturated rings. The molecule has 0 saturated heterocycles. The fourth-order valence-corrected chi connectivity index (χ4v) is 3.46. The van der Waals surface area contributed by atoms with Crippen LogP contribution >= 0.6 is 0 Å². The van der Waals surface area contributed by atoms with Gasteiger partial charge in [0.2, 0.25) is 0 Å². The molecule has 4 nitrogen and oxygen atoms in total. The smallest absolute Gasteiger partial charge is 0.252 e. The van der Waals surface area contributed by atoms with E-state index >= 15 is 0 Å². The topological polar surface area (TPSA) is 51.2 Å². The van der Waals surface area contributed by atoms with E-state index in [0.29, 0.717) is 46.5 Å². The predicted molar refractivity (Wildman–Crippen MR) is 97.8 cm³/mol. The average molecular weight is 368 g/mol. The molecule has 1 aliphatic heterocycles. The Labute approximate surface area is 155 Å². The van der Waals surface area contributed by atoms with Gasteiger partial charge in [-0.05, 0) is 56.2 Å². The van der Waals surface area contributed by atoms with Crippen LogP contribution in [0.1, 0.15) is 40.5 Å². The highest BCUT2D eigenvalue weighted by Crippen LogP contribution is 2.32. The molecule has 1 atom stereocenters. The number of pyridine rings is 1. The molecule has 4 rings (SSSR count). The Bertz CT molecular complexity index is 1030. The largest absolute Gasteiger partial charge is 0.493 e. The van der Waals surface area contributed by atoms with E-state index in [9.17, 15) is 13.6 Å². The van der Waals surface area contributed by atoms with Crippen LogP contribution in [0, 0.1) is 18.6 Å². The Morgan fingerprint density at radius 3 is 2.78 bits per heavy atom. The summed E-state index contributed by atoms with van der Waals surface area (Å²) < 4.78 is 32.9. The van der Waals surface area contributed by atoms with Gasteiger partial charge in [0, 0.05) is 22.7 Å². The lowest BCUT2D eigenvalue weighted by Crippen LogP contribution is -2.28. The van der Waals surface area contributed by atoms with Crippen molar-refractivity contribution >= 4 is 16.8 Å². The Hall–Kier alpha value is -3.02. The molecule has 0 unspecified atom stereocenters. The number of carbonyl (C=O) groups is 1. The van der Waals surface area contributed by atoms with Gasteiger partial charge in [-0.2, -0.15) is 0 Å². The van der Waals surface area contributed by atoms with Crippen molar-refractivity contribution in [1.82, 2.24) is 10.3 Å². The van der Waals surface area contributed by atoms with E-state index in [-0.39, 0.29) is 17.8 Å². The minimum absolute atomic E-state index is 0.306. The number of aromatic nitrogens is 1. The second kappa shape index (κ2) is 6.95. The number of amides is 1. The van der Waals surface area contributed by atoms with Gasteiger partial charge >= 0.3 is 0 Å². The number of hydrogen-bond acceptors (Lipinski definition) is 3. The van der Waals surface area contributed by atoms with Gasteiger partial charge in [0.25, 0.3) is 5.91 Å². The zero-order valence-corrected chi connectivity index (χ0v) is 14.8. The SMILES string of the molecule is Cc1cc(C(=O)N[C@@H]2CCCOc3ccc(F)cc32)c2ccc(F)cc2n1. The standard InChI is InChI=1S/C21H18F2N2O2/c1-12-9-16(15-6-4-14(23)11-19(15)24-12)21(26)25-18-3-2-8-27-20-7-5-13(22)10-17(18)20/h4-7,9-11,18H,2-3,8H2,1H3,(H,25,26)/t18-/m1/s1. The first-order chi connectivity index (χ1) is 13.0. The quantitative estimate of drug-likeness (QED) is 0.726. The van der Waals surface area contributed by atoms with Crippen molar-refractivity contribution in [3.8, 4) is 5.75 Å². The molecule has 27 heavy (non-hydrogen) atoms. The molecule has 1 amide bonds. The van der Waals surface area contributed by atoms with Gasteiger partial charge in [-0.3, -0.25) is 9.78 Å². The molecule has 1 aliphatic rings. The lowest BCUT2D eigenvalue weighted by Gasteiger charge is -2.19. The van der Waals surface area contributed by atoms with Gasteiger partial charge in [0.05, 0.1) is 23.7 Å². The maximum atomic E-state index is 13.7. The minimum atomic E-state index is -0.405. The number of fused-ring (bicyclic) bond motifs is 2. The highest BCUT2D eigenvalue weighted by molar-refractivity contribution is 6.06. The monoisotopic (exact) mass is 368 g/mol. The molecule has 3 aromatic rings. The summed E-state index contributed by atoms with van der Waals surface area (Å²) in [5, 5.41) is 3.56. The summed E-state index contributed by atoms with van der Waals surface area (Å²) >= 11 is 0. The van der Waals surface area contributed by atoms with E-state index in [4.69, 9.17) is 4.74 Å². The molecule has 138 valence electrons. The zero-order chi connectivity index (χ0) is 19.0. The maximum absolute atomic E-state index is 13.7. The summed E-state index contributed by atoms with van der Waals surface area (Å²) in [5.41, 5.74) is 2.09. The Balaban J connectivity index is 1.71. The van der Waals surface area contributed by atoms with Gasteiger partial charge in [-0.15, -0.1) is 0 Å². The van der Waals surface area contributed by atoms with Gasteiger partial charge in [-0.1, -0.05) is 0 Å². The molecule has 0 saturated carbocycles. The molecule has 2 heterocycles. The number of nitrogens with zero attached hydrogens (tertiary/aromatic N) is 1. The number of carbonyl (C=O) groups excluding carboxylic acids is 1. The van der Waals surface area contributed by atoms with Crippen molar-refractivity contribution < 1.29 is 18.3 Å². The van der Waals surface area contributed by atoms with Crippen molar-refractivity contribution in [3.05, 3.63) is 70.9 Å². The van der Waals surface area contributed by atoms with Crippen molar-refractivity contribution in [2.75, 3.05) is 6.61 Å². The van der Waals surface area contributed by atoms with Gasteiger partial charge in [0.15, 0.2) is 0 Å². The molecule has 1 aromatic heterocycles. The van der Waals surface area contributed by atoms with E-state index in [1.807, 2.05) is 0 Å².